The molecular formula is C23H28BrClN2O3. The molecule has 0 aliphatic heterocycles. The van der Waals surface area contributed by atoms with Crippen LogP contribution in [-0.4, -0.2) is 41.2 Å². The standard InChI is InChI=1S/C23H28BrClN2O3/c1-14-11-20(17-5-4-6-19(24)22(17)25)26-23(30-3)18(14)13-27(2)16-9-7-15(8-10-16)12-21(28)29/h4-6,11,15-16H,7-10,12-13H2,1-3H3,(H,28,29). The third kappa shape index (κ3) is 5.34. The molecule has 1 fully saturated rings. The van der Waals surface area contributed by atoms with Crippen molar-refractivity contribution in [2.75, 3.05) is 14.2 Å². The molecule has 0 saturated heterocycles. The summed E-state index contributed by atoms with van der Waals surface area (Å²) in [6, 6.07) is 8.30. The van der Waals surface area contributed by atoms with E-state index in [0.29, 0.717) is 22.9 Å². The number of benzene rings is 1. The maximum Gasteiger partial charge on any atom is 0.303 e. The van der Waals surface area contributed by atoms with Gasteiger partial charge in [-0.05, 0) is 79.2 Å². The molecule has 0 bridgehead atoms. The van der Waals surface area contributed by atoms with Crippen molar-refractivity contribution in [3.05, 3.63) is 44.9 Å². The first-order chi connectivity index (χ1) is 14.3. The van der Waals surface area contributed by atoms with E-state index < -0.39 is 5.97 Å². The first kappa shape index (κ1) is 23.0. The Morgan fingerprint density at radius 1 is 1.33 bits per heavy atom. The highest BCUT2D eigenvalue weighted by Crippen LogP contribution is 2.36. The van der Waals surface area contributed by atoms with Crippen molar-refractivity contribution in [1.82, 2.24) is 9.88 Å². The van der Waals surface area contributed by atoms with Gasteiger partial charge in [0.1, 0.15) is 0 Å². The SMILES string of the molecule is COc1nc(-c2cccc(Br)c2Cl)cc(C)c1CN(C)C1CCC(CC(=O)O)CC1. The quantitative estimate of drug-likeness (QED) is 0.514. The molecule has 0 amide bonds. The number of halogens is 2. The van der Waals surface area contributed by atoms with Crippen molar-refractivity contribution in [3.8, 4) is 17.1 Å². The maximum absolute atomic E-state index is 11.0. The molecule has 1 aromatic carbocycles. The van der Waals surface area contributed by atoms with Crippen molar-refractivity contribution in [2.45, 2.75) is 51.6 Å². The number of aryl methyl sites for hydroxylation is 1. The molecule has 1 aliphatic carbocycles. The third-order valence-corrected chi connectivity index (χ3v) is 7.34. The first-order valence-corrected chi connectivity index (χ1v) is 11.4. The van der Waals surface area contributed by atoms with E-state index in [1.54, 1.807) is 7.11 Å². The molecule has 30 heavy (non-hydrogen) atoms. The average molecular weight is 496 g/mol. The fourth-order valence-corrected chi connectivity index (χ4v) is 4.87. The van der Waals surface area contributed by atoms with E-state index in [2.05, 4.69) is 40.9 Å². The van der Waals surface area contributed by atoms with Gasteiger partial charge in [-0.3, -0.25) is 9.69 Å². The topological polar surface area (TPSA) is 62.7 Å². The van der Waals surface area contributed by atoms with Crippen molar-refractivity contribution in [2.24, 2.45) is 5.92 Å². The lowest BCUT2D eigenvalue weighted by Gasteiger charge is -2.34. The van der Waals surface area contributed by atoms with Gasteiger partial charge in [-0.15, -0.1) is 0 Å². The molecule has 3 rings (SSSR count). The summed E-state index contributed by atoms with van der Waals surface area (Å²) in [5.74, 6) is 0.232. The number of aromatic nitrogens is 1. The van der Waals surface area contributed by atoms with Gasteiger partial charge in [-0.1, -0.05) is 23.7 Å². The summed E-state index contributed by atoms with van der Waals surface area (Å²) < 4.78 is 6.49. The average Bonchev–Trinajstić information content (AvgIpc) is 2.71. The fraction of sp³-hybridized carbons (Fsp3) is 0.478. The Morgan fingerprint density at radius 2 is 2.03 bits per heavy atom. The lowest BCUT2D eigenvalue weighted by atomic mass is 9.83. The highest BCUT2D eigenvalue weighted by atomic mass is 79.9. The number of ether oxygens (including phenoxy) is 1. The van der Waals surface area contributed by atoms with Crippen LogP contribution < -0.4 is 4.74 Å². The first-order valence-electron chi connectivity index (χ1n) is 10.2. The number of nitrogens with zero attached hydrogens (tertiary/aromatic N) is 2. The molecule has 1 N–H and O–H groups in total. The number of aliphatic carboxylic acids is 1. The van der Waals surface area contributed by atoms with Gasteiger partial charge in [-0.25, -0.2) is 4.98 Å². The third-order valence-electron chi connectivity index (χ3n) is 6.04. The van der Waals surface area contributed by atoms with Crippen molar-refractivity contribution < 1.29 is 14.6 Å². The molecule has 0 atom stereocenters. The van der Waals surface area contributed by atoms with E-state index in [0.717, 1.165) is 59.1 Å². The molecule has 0 radical (unpaired) electrons. The van der Waals surface area contributed by atoms with Crippen LogP contribution in [0.25, 0.3) is 11.3 Å². The molecule has 1 aliphatic rings. The maximum atomic E-state index is 11.0. The Morgan fingerprint density at radius 3 is 2.67 bits per heavy atom. The van der Waals surface area contributed by atoms with Crippen LogP contribution >= 0.6 is 27.5 Å². The van der Waals surface area contributed by atoms with Crippen LogP contribution in [-0.2, 0) is 11.3 Å². The predicted octanol–water partition coefficient (Wildman–Crippen LogP) is 5.95. The minimum Gasteiger partial charge on any atom is -0.481 e. The second-order valence-corrected chi connectivity index (χ2v) is 9.33. The Kier molecular flexibility index (Phi) is 7.77. The molecule has 1 aromatic heterocycles. The lowest BCUT2D eigenvalue weighted by Crippen LogP contribution is -2.35. The van der Waals surface area contributed by atoms with E-state index in [1.807, 2.05) is 18.2 Å². The van der Waals surface area contributed by atoms with Gasteiger partial charge in [0.25, 0.3) is 0 Å². The zero-order valence-electron chi connectivity index (χ0n) is 17.6. The van der Waals surface area contributed by atoms with Crippen molar-refractivity contribution >= 4 is 33.5 Å². The number of pyridine rings is 1. The van der Waals surface area contributed by atoms with E-state index in [9.17, 15) is 4.79 Å². The summed E-state index contributed by atoms with van der Waals surface area (Å²) >= 11 is 9.95. The Bertz CT molecular complexity index is 914. The lowest BCUT2D eigenvalue weighted by molar-refractivity contribution is -0.138. The van der Waals surface area contributed by atoms with Gasteiger partial charge in [-0.2, -0.15) is 0 Å². The van der Waals surface area contributed by atoms with Gasteiger partial charge >= 0.3 is 5.97 Å². The van der Waals surface area contributed by atoms with E-state index in [4.69, 9.17) is 26.4 Å². The zero-order valence-corrected chi connectivity index (χ0v) is 20.0. The normalized spacial score (nSPS) is 19.1. The smallest absolute Gasteiger partial charge is 0.303 e. The summed E-state index contributed by atoms with van der Waals surface area (Å²) in [6.45, 7) is 2.81. The van der Waals surface area contributed by atoms with Crippen LogP contribution in [0.15, 0.2) is 28.7 Å². The molecule has 2 aromatic rings. The molecular weight excluding hydrogens is 468 g/mol. The van der Waals surface area contributed by atoms with Crippen LogP contribution in [0.4, 0.5) is 0 Å². The molecule has 162 valence electrons. The molecule has 7 heteroatoms. The number of carboxylic acid groups (broad SMARTS) is 1. The molecule has 0 unspecified atom stereocenters. The number of methoxy groups -OCH3 is 1. The van der Waals surface area contributed by atoms with Crippen molar-refractivity contribution in [3.63, 3.8) is 0 Å². The summed E-state index contributed by atoms with van der Waals surface area (Å²) in [6.07, 6.45) is 4.27. The van der Waals surface area contributed by atoms with E-state index >= 15 is 0 Å². The van der Waals surface area contributed by atoms with E-state index in [-0.39, 0.29) is 6.42 Å². The van der Waals surface area contributed by atoms with Crippen molar-refractivity contribution in [1.29, 1.82) is 0 Å². The second kappa shape index (κ2) is 10.1. The number of rotatable bonds is 7. The highest BCUT2D eigenvalue weighted by Gasteiger charge is 2.26. The van der Waals surface area contributed by atoms with Crippen LogP contribution in [0, 0.1) is 12.8 Å². The number of carboxylic acids is 1. The second-order valence-electron chi connectivity index (χ2n) is 8.10. The van der Waals surface area contributed by atoms with Crippen LogP contribution in [0.3, 0.4) is 0 Å². The Hall–Kier alpha value is -1.63. The van der Waals surface area contributed by atoms with Crippen LogP contribution in [0.2, 0.25) is 5.02 Å². The largest absolute Gasteiger partial charge is 0.481 e. The van der Waals surface area contributed by atoms with Gasteiger partial charge in [0.15, 0.2) is 0 Å². The molecule has 1 saturated carbocycles. The van der Waals surface area contributed by atoms with Gasteiger partial charge in [0.2, 0.25) is 5.88 Å². The fourth-order valence-electron chi connectivity index (χ4n) is 4.29. The van der Waals surface area contributed by atoms with Crippen LogP contribution in [0.1, 0.15) is 43.2 Å². The minimum absolute atomic E-state index is 0.285. The molecule has 1 heterocycles. The Labute approximate surface area is 191 Å². The number of hydrogen-bond donors (Lipinski definition) is 1. The van der Waals surface area contributed by atoms with Gasteiger partial charge in [0.05, 0.1) is 17.8 Å². The van der Waals surface area contributed by atoms with Gasteiger partial charge < -0.3 is 9.84 Å². The molecule has 5 nitrogen and oxygen atoms in total. The number of carbonyl (C=O) groups is 1. The van der Waals surface area contributed by atoms with Gasteiger partial charge in [0, 0.05) is 34.6 Å². The number of hydrogen-bond acceptors (Lipinski definition) is 4. The Balaban J connectivity index is 1.76. The summed E-state index contributed by atoms with van der Waals surface area (Å²) in [5, 5.41) is 9.65. The minimum atomic E-state index is -0.691. The summed E-state index contributed by atoms with van der Waals surface area (Å²) in [5.41, 5.74) is 3.84. The predicted molar refractivity (Wildman–Crippen MR) is 123 cm³/mol. The molecule has 0 spiro atoms. The monoisotopic (exact) mass is 494 g/mol. The van der Waals surface area contributed by atoms with Crippen LogP contribution in [0.5, 0.6) is 5.88 Å². The zero-order chi connectivity index (χ0) is 21.8. The van der Waals surface area contributed by atoms with E-state index in [1.165, 1.54) is 0 Å². The highest BCUT2D eigenvalue weighted by molar-refractivity contribution is 9.10. The summed E-state index contributed by atoms with van der Waals surface area (Å²) in [4.78, 5) is 18.0. The summed E-state index contributed by atoms with van der Waals surface area (Å²) in [7, 11) is 3.77.